The Hall–Kier alpha value is -3.48. The van der Waals surface area contributed by atoms with Crippen molar-refractivity contribution < 1.29 is 14.7 Å². The number of nitriles is 1. The van der Waals surface area contributed by atoms with Gasteiger partial charge in [0.05, 0.1) is 18.0 Å². The number of anilines is 3. The highest BCUT2D eigenvalue weighted by atomic mass is 16.4. The second-order valence-corrected chi connectivity index (χ2v) is 5.94. The lowest BCUT2D eigenvalue weighted by molar-refractivity contribution is -0.137. The van der Waals surface area contributed by atoms with Crippen molar-refractivity contribution in [3.05, 3.63) is 24.7 Å². The van der Waals surface area contributed by atoms with Gasteiger partial charge in [-0.1, -0.05) is 6.92 Å². The molecule has 0 saturated carbocycles. The fraction of sp³-hybridized carbons (Fsp3) is 0.375. The molecular weight excluding hydrogens is 338 g/mol. The van der Waals surface area contributed by atoms with Gasteiger partial charge in [-0.3, -0.25) is 19.2 Å². The molecule has 1 atom stereocenters. The van der Waals surface area contributed by atoms with E-state index in [1.807, 2.05) is 6.92 Å². The molecular formula is C16H17N7O3. The molecule has 3 rings (SSSR count). The van der Waals surface area contributed by atoms with Crippen LogP contribution in [0.15, 0.2) is 24.7 Å². The molecule has 0 bridgehead atoms. The van der Waals surface area contributed by atoms with Gasteiger partial charge in [0, 0.05) is 18.9 Å². The minimum Gasteiger partial charge on any atom is -0.480 e. The van der Waals surface area contributed by atoms with Gasteiger partial charge in [-0.25, -0.2) is 4.98 Å². The SMILES string of the molecule is CC[C@]1(C#N)CCN(c2ccnc(Nc3cnn(CC(=O)O)c3)n2)C1=O. The number of aliphatic carboxylic acids is 1. The number of hydrogen-bond donors (Lipinski definition) is 2. The minimum absolute atomic E-state index is 0.246. The molecule has 1 saturated heterocycles. The van der Waals surface area contributed by atoms with Crippen LogP contribution in [-0.4, -0.2) is 43.3 Å². The van der Waals surface area contributed by atoms with Gasteiger partial charge in [0.15, 0.2) is 0 Å². The van der Waals surface area contributed by atoms with Crippen molar-refractivity contribution in [2.24, 2.45) is 5.41 Å². The van der Waals surface area contributed by atoms with Crippen LogP contribution in [0.3, 0.4) is 0 Å². The minimum atomic E-state index is -0.998. The molecule has 1 aliphatic rings. The fourth-order valence-corrected chi connectivity index (χ4v) is 2.84. The predicted octanol–water partition coefficient (Wildman–Crippen LogP) is 1.16. The zero-order chi connectivity index (χ0) is 18.7. The van der Waals surface area contributed by atoms with E-state index in [-0.39, 0.29) is 18.4 Å². The molecule has 3 heterocycles. The summed E-state index contributed by atoms with van der Waals surface area (Å²) in [6.45, 7) is 2.00. The molecule has 1 fully saturated rings. The highest BCUT2D eigenvalue weighted by molar-refractivity contribution is 6.01. The summed E-state index contributed by atoms with van der Waals surface area (Å²) in [6, 6.07) is 3.75. The Balaban J connectivity index is 1.77. The highest BCUT2D eigenvalue weighted by Crippen LogP contribution is 2.36. The van der Waals surface area contributed by atoms with Crippen molar-refractivity contribution in [2.45, 2.75) is 26.3 Å². The Morgan fingerprint density at radius 1 is 1.54 bits per heavy atom. The van der Waals surface area contributed by atoms with E-state index in [9.17, 15) is 14.9 Å². The van der Waals surface area contributed by atoms with E-state index < -0.39 is 11.4 Å². The number of hydrogen-bond acceptors (Lipinski definition) is 7. The smallest absolute Gasteiger partial charge is 0.325 e. The lowest BCUT2D eigenvalue weighted by Gasteiger charge is -2.19. The first-order valence-electron chi connectivity index (χ1n) is 8.05. The number of nitrogens with one attached hydrogen (secondary N) is 1. The Labute approximate surface area is 149 Å². The molecule has 0 aromatic carbocycles. The molecule has 0 aliphatic carbocycles. The van der Waals surface area contributed by atoms with Gasteiger partial charge in [-0.15, -0.1) is 0 Å². The summed E-state index contributed by atoms with van der Waals surface area (Å²) in [7, 11) is 0. The standard InChI is InChI=1S/C16H17N7O3/c1-2-16(10-17)4-6-23(14(16)26)12-3-5-18-15(21-12)20-11-7-19-22(8-11)9-13(24)25/h3,5,7-8H,2,4,6,9H2,1H3,(H,24,25)(H,18,20,21)/t16-/m1/s1. The largest absolute Gasteiger partial charge is 0.480 e. The number of amides is 1. The Morgan fingerprint density at radius 2 is 2.35 bits per heavy atom. The number of carboxylic acids is 1. The third-order valence-corrected chi connectivity index (χ3v) is 4.34. The molecule has 2 aromatic rings. The van der Waals surface area contributed by atoms with Gasteiger partial charge >= 0.3 is 5.97 Å². The number of nitrogens with zero attached hydrogens (tertiary/aromatic N) is 6. The molecule has 1 amide bonds. The summed E-state index contributed by atoms with van der Waals surface area (Å²) >= 11 is 0. The second-order valence-electron chi connectivity index (χ2n) is 5.94. The molecule has 2 aromatic heterocycles. The number of carbonyl (C=O) groups excluding carboxylic acids is 1. The third-order valence-electron chi connectivity index (χ3n) is 4.34. The quantitative estimate of drug-likeness (QED) is 0.787. The second kappa shape index (κ2) is 6.79. The van der Waals surface area contributed by atoms with Crippen molar-refractivity contribution >= 4 is 29.3 Å². The summed E-state index contributed by atoms with van der Waals surface area (Å²) < 4.78 is 1.26. The van der Waals surface area contributed by atoms with Crippen LogP contribution in [0.4, 0.5) is 17.5 Å². The zero-order valence-electron chi connectivity index (χ0n) is 14.1. The summed E-state index contributed by atoms with van der Waals surface area (Å²) in [6.07, 6.45) is 5.41. The average Bonchev–Trinajstić information content (AvgIpc) is 3.19. The fourth-order valence-electron chi connectivity index (χ4n) is 2.84. The van der Waals surface area contributed by atoms with E-state index in [1.165, 1.54) is 28.2 Å². The van der Waals surface area contributed by atoms with Crippen molar-refractivity contribution in [2.75, 3.05) is 16.8 Å². The van der Waals surface area contributed by atoms with Crippen LogP contribution in [0, 0.1) is 16.7 Å². The number of carboxylic acid groups (broad SMARTS) is 1. The van der Waals surface area contributed by atoms with E-state index in [2.05, 4.69) is 26.5 Å². The van der Waals surface area contributed by atoms with Crippen LogP contribution in [0.5, 0.6) is 0 Å². The Bertz CT molecular complexity index is 888. The normalized spacial score (nSPS) is 19.4. The summed E-state index contributed by atoms with van der Waals surface area (Å²) in [5.41, 5.74) is -0.465. The predicted molar refractivity (Wildman–Crippen MR) is 90.5 cm³/mol. The van der Waals surface area contributed by atoms with E-state index >= 15 is 0 Å². The molecule has 10 heteroatoms. The summed E-state index contributed by atoms with van der Waals surface area (Å²) in [5, 5.41) is 25.0. The molecule has 134 valence electrons. The van der Waals surface area contributed by atoms with Crippen LogP contribution in [0.25, 0.3) is 0 Å². The highest BCUT2D eigenvalue weighted by Gasteiger charge is 2.46. The van der Waals surface area contributed by atoms with E-state index in [0.717, 1.165) is 0 Å². The molecule has 0 unspecified atom stereocenters. The molecule has 26 heavy (non-hydrogen) atoms. The Morgan fingerprint density at radius 3 is 3.00 bits per heavy atom. The van der Waals surface area contributed by atoms with Gasteiger partial charge in [-0.2, -0.15) is 15.3 Å². The van der Waals surface area contributed by atoms with Crippen molar-refractivity contribution in [1.82, 2.24) is 19.7 Å². The van der Waals surface area contributed by atoms with Gasteiger partial charge < -0.3 is 10.4 Å². The van der Waals surface area contributed by atoms with Crippen LogP contribution in [0.2, 0.25) is 0 Å². The van der Waals surface area contributed by atoms with Crippen molar-refractivity contribution in [1.29, 1.82) is 5.26 Å². The summed E-state index contributed by atoms with van der Waals surface area (Å²) in [5.74, 6) is -0.587. The van der Waals surface area contributed by atoms with Crippen LogP contribution in [-0.2, 0) is 16.1 Å². The third kappa shape index (κ3) is 3.19. The zero-order valence-corrected chi connectivity index (χ0v) is 14.1. The molecule has 2 N–H and O–H groups in total. The van der Waals surface area contributed by atoms with Gasteiger partial charge in [-0.05, 0) is 18.9 Å². The first-order chi connectivity index (χ1) is 12.5. The van der Waals surface area contributed by atoms with Crippen LogP contribution < -0.4 is 10.2 Å². The number of carbonyl (C=O) groups is 2. The van der Waals surface area contributed by atoms with Gasteiger partial charge in [0.2, 0.25) is 11.9 Å². The lowest BCUT2D eigenvalue weighted by Crippen LogP contribution is -2.33. The van der Waals surface area contributed by atoms with Crippen molar-refractivity contribution in [3.63, 3.8) is 0 Å². The average molecular weight is 355 g/mol. The van der Waals surface area contributed by atoms with Gasteiger partial charge in [0.1, 0.15) is 17.8 Å². The molecule has 0 spiro atoms. The number of aromatic nitrogens is 4. The number of rotatable bonds is 6. The van der Waals surface area contributed by atoms with E-state index in [1.54, 1.807) is 6.07 Å². The maximum atomic E-state index is 12.6. The lowest BCUT2D eigenvalue weighted by atomic mass is 9.85. The molecule has 0 radical (unpaired) electrons. The molecule has 10 nitrogen and oxygen atoms in total. The van der Waals surface area contributed by atoms with Crippen LogP contribution >= 0.6 is 0 Å². The van der Waals surface area contributed by atoms with Gasteiger partial charge in [0.25, 0.3) is 0 Å². The van der Waals surface area contributed by atoms with Crippen molar-refractivity contribution in [3.8, 4) is 6.07 Å². The first-order valence-corrected chi connectivity index (χ1v) is 8.05. The van der Waals surface area contributed by atoms with E-state index in [4.69, 9.17) is 5.11 Å². The Kier molecular flexibility index (Phi) is 4.53. The van der Waals surface area contributed by atoms with Crippen LogP contribution in [0.1, 0.15) is 19.8 Å². The van der Waals surface area contributed by atoms with E-state index in [0.29, 0.717) is 30.9 Å². The molecule has 1 aliphatic heterocycles. The topological polar surface area (TPSA) is 137 Å². The first kappa shape index (κ1) is 17.3. The maximum absolute atomic E-state index is 12.6. The maximum Gasteiger partial charge on any atom is 0.325 e. The summed E-state index contributed by atoms with van der Waals surface area (Å²) in [4.78, 5) is 33.2. The monoisotopic (exact) mass is 355 g/mol.